The predicted octanol–water partition coefficient (Wildman–Crippen LogP) is 3.00. The number of hydrogen-bond acceptors (Lipinski definition) is 4. The Morgan fingerprint density at radius 3 is 2.79 bits per heavy atom. The van der Waals surface area contributed by atoms with Crippen molar-refractivity contribution < 1.29 is 9.47 Å². The molecule has 0 saturated carbocycles. The summed E-state index contributed by atoms with van der Waals surface area (Å²) in [6.07, 6.45) is 1.26. The van der Waals surface area contributed by atoms with Crippen LogP contribution in [0.1, 0.15) is 31.9 Å². The Balaban J connectivity index is 1.70. The highest BCUT2D eigenvalue weighted by Crippen LogP contribution is 2.33. The summed E-state index contributed by atoms with van der Waals surface area (Å²) in [5.74, 6) is 3.02. The first-order valence-electron chi connectivity index (χ1n) is 7.01. The highest BCUT2D eigenvalue weighted by Gasteiger charge is 2.25. The van der Waals surface area contributed by atoms with Crippen LogP contribution in [0.3, 0.4) is 0 Å². The normalized spacial score (nSPS) is 27.3. The number of rotatable bonds is 3. The fraction of sp³-hybridized carbons (Fsp3) is 0.600. The zero-order chi connectivity index (χ0) is 13.2. The fourth-order valence-electron chi connectivity index (χ4n) is 2.70. The van der Waals surface area contributed by atoms with Crippen molar-refractivity contribution in [1.29, 1.82) is 0 Å². The van der Waals surface area contributed by atoms with Gasteiger partial charge in [-0.05, 0) is 36.8 Å². The summed E-state index contributed by atoms with van der Waals surface area (Å²) in [4.78, 5) is 0. The third kappa shape index (κ3) is 2.84. The van der Waals surface area contributed by atoms with Crippen LogP contribution >= 0.6 is 11.8 Å². The van der Waals surface area contributed by atoms with E-state index in [0.717, 1.165) is 11.5 Å². The van der Waals surface area contributed by atoms with E-state index in [0.29, 0.717) is 30.5 Å². The molecule has 3 nitrogen and oxygen atoms in total. The molecular formula is C15H21NO2S. The maximum Gasteiger partial charge on any atom is 0.161 e. The lowest BCUT2D eigenvalue weighted by molar-refractivity contribution is 0.171. The topological polar surface area (TPSA) is 30.5 Å². The molecule has 3 unspecified atom stereocenters. The molecule has 1 saturated heterocycles. The van der Waals surface area contributed by atoms with Gasteiger partial charge < -0.3 is 14.8 Å². The number of thioether (sulfide) groups is 1. The molecule has 1 fully saturated rings. The highest BCUT2D eigenvalue weighted by atomic mass is 32.2. The van der Waals surface area contributed by atoms with Crippen molar-refractivity contribution in [1.82, 2.24) is 5.32 Å². The van der Waals surface area contributed by atoms with E-state index in [1.54, 1.807) is 0 Å². The molecule has 0 radical (unpaired) electrons. The second-order valence-corrected chi connectivity index (χ2v) is 6.75. The van der Waals surface area contributed by atoms with E-state index in [1.165, 1.54) is 17.7 Å². The van der Waals surface area contributed by atoms with Gasteiger partial charge in [-0.25, -0.2) is 0 Å². The van der Waals surface area contributed by atoms with Gasteiger partial charge in [-0.15, -0.1) is 0 Å². The van der Waals surface area contributed by atoms with Crippen LogP contribution in [0.2, 0.25) is 0 Å². The first-order valence-corrected chi connectivity index (χ1v) is 8.06. The molecule has 1 aromatic rings. The summed E-state index contributed by atoms with van der Waals surface area (Å²) in [7, 11) is 0. The minimum atomic E-state index is 0.349. The van der Waals surface area contributed by atoms with Crippen LogP contribution in [0.4, 0.5) is 0 Å². The molecule has 1 aromatic carbocycles. The standard InChI is InChI=1S/C15H21NO2S/c1-10(16-13-5-8-19-11(13)2)12-3-4-14-15(9-12)18-7-6-17-14/h3-4,9-11,13,16H,5-8H2,1-2H3. The summed E-state index contributed by atoms with van der Waals surface area (Å²) in [6.45, 7) is 5.83. The number of benzene rings is 1. The number of hydrogen-bond donors (Lipinski definition) is 1. The molecule has 2 heterocycles. The first kappa shape index (κ1) is 13.1. The molecular weight excluding hydrogens is 258 g/mol. The van der Waals surface area contributed by atoms with E-state index >= 15 is 0 Å². The lowest BCUT2D eigenvalue weighted by Gasteiger charge is -2.24. The second kappa shape index (κ2) is 5.63. The first-order chi connectivity index (χ1) is 9.24. The van der Waals surface area contributed by atoms with Gasteiger partial charge in [-0.2, -0.15) is 11.8 Å². The summed E-state index contributed by atoms with van der Waals surface area (Å²) >= 11 is 2.06. The summed E-state index contributed by atoms with van der Waals surface area (Å²) in [6, 6.07) is 7.24. The Hall–Kier alpha value is -0.870. The molecule has 2 aliphatic rings. The van der Waals surface area contributed by atoms with E-state index < -0.39 is 0 Å². The number of fused-ring (bicyclic) bond motifs is 1. The molecule has 0 aliphatic carbocycles. The Morgan fingerprint density at radius 1 is 1.26 bits per heavy atom. The molecule has 2 aliphatic heterocycles. The second-order valence-electron chi connectivity index (χ2n) is 5.26. The zero-order valence-electron chi connectivity index (χ0n) is 11.5. The van der Waals surface area contributed by atoms with Crippen LogP contribution in [-0.4, -0.2) is 30.3 Å². The average molecular weight is 279 g/mol. The fourth-order valence-corrected chi connectivity index (χ4v) is 3.91. The Bertz CT molecular complexity index is 452. The molecule has 104 valence electrons. The molecule has 0 bridgehead atoms. The molecule has 0 aromatic heterocycles. The highest BCUT2D eigenvalue weighted by molar-refractivity contribution is 8.00. The Morgan fingerprint density at radius 2 is 2.05 bits per heavy atom. The van der Waals surface area contributed by atoms with Crippen LogP contribution in [0.5, 0.6) is 11.5 Å². The van der Waals surface area contributed by atoms with Crippen molar-refractivity contribution in [3.8, 4) is 11.5 Å². The van der Waals surface area contributed by atoms with Gasteiger partial charge in [0.2, 0.25) is 0 Å². The summed E-state index contributed by atoms with van der Waals surface area (Å²) < 4.78 is 11.2. The van der Waals surface area contributed by atoms with Gasteiger partial charge in [0.1, 0.15) is 13.2 Å². The third-order valence-electron chi connectivity index (χ3n) is 3.91. The van der Waals surface area contributed by atoms with E-state index in [-0.39, 0.29) is 0 Å². The monoisotopic (exact) mass is 279 g/mol. The number of ether oxygens (including phenoxy) is 2. The molecule has 1 N–H and O–H groups in total. The van der Waals surface area contributed by atoms with Crippen LogP contribution in [0.25, 0.3) is 0 Å². The Kier molecular flexibility index (Phi) is 3.89. The van der Waals surface area contributed by atoms with Gasteiger partial charge in [-0.3, -0.25) is 0 Å². The van der Waals surface area contributed by atoms with Crippen LogP contribution in [0.15, 0.2) is 18.2 Å². The summed E-state index contributed by atoms with van der Waals surface area (Å²) in [5.41, 5.74) is 1.27. The van der Waals surface area contributed by atoms with E-state index in [1.807, 2.05) is 6.07 Å². The quantitative estimate of drug-likeness (QED) is 0.921. The summed E-state index contributed by atoms with van der Waals surface area (Å²) in [5, 5.41) is 4.44. The minimum absolute atomic E-state index is 0.349. The Labute approximate surface area is 119 Å². The smallest absolute Gasteiger partial charge is 0.161 e. The molecule has 3 rings (SSSR count). The SMILES string of the molecule is CC(NC1CCSC1C)c1ccc2c(c1)OCCO2. The molecule has 19 heavy (non-hydrogen) atoms. The lowest BCUT2D eigenvalue weighted by Crippen LogP contribution is -2.35. The van der Waals surface area contributed by atoms with E-state index in [4.69, 9.17) is 9.47 Å². The van der Waals surface area contributed by atoms with Crippen molar-refractivity contribution >= 4 is 11.8 Å². The van der Waals surface area contributed by atoms with Crippen LogP contribution in [-0.2, 0) is 0 Å². The van der Waals surface area contributed by atoms with Crippen molar-refractivity contribution in [2.24, 2.45) is 0 Å². The number of nitrogens with one attached hydrogen (secondary N) is 1. The maximum atomic E-state index is 5.65. The van der Waals surface area contributed by atoms with Gasteiger partial charge in [0.15, 0.2) is 11.5 Å². The minimum Gasteiger partial charge on any atom is -0.486 e. The average Bonchev–Trinajstić information content (AvgIpc) is 2.84. The van der Waals surface area contributed by atoms with Crippen LogP contribution < -0.4 is 14.8 Å². The van der Waals surface area contributed by atoms with Gasteiger partial charge in [0.25, 0.3) is 0 Å². The van der Waals surface area contributed by atoms with E-state index in [9.17, 15) is 0 Å². The molecule has 3 atom stereocenters. The largest absolute Gasteiger partial charge is 0.486 e. The van der Waals surface area contributed by atoms with Gasteiger partial charge >= 0.3 is 0 Å². The zero-order valence-corrected chi connectivity index (χ0v) is 12.3. The van der Waals surface area contributed by atoms with Gasteiger partial charge in [0, 0.05) is 17.3 Å². The maximum absolute atomic E-state index is 5.65. The van der Waals surface area contributed by atoms with Crippen molar-refractivity contribution in [2.75, 3.05) is 19.0 Å². The predicted molar refractivity (Wildman–Crippen MR) is 79.3 cm³/mol. The van der Waals surface area contributed by atoms with Crippen molar-refractivity contribution in [2.45, 2.75) is 37.6 Å². The lowest BCUT2D eigenvalue weighted by atomic mass is 10.0. The molecule has 0 amide bonds. The third-order valence-corrected chi connectivity index (χ3v) is 5.23. The van der Waals surface area contributed by atoms with Gasteiger partial charge in [-0.1, -0.05) is 13.0 Å². The van der Waals surface area contributed by atoms with Crippen molar-refractivity contribution in [3.63, 3.8) is 0 Å². The van der Waals surface area contributed by atoms with Crippen molar-refractivity contribution in [3.05, 3.63) is 23.8 Å². The van der Waals surface area contributed by atoms with E-state index in [2.05, 4.69) is 43.1 Å². The molecule has 4 heteroatoms. The van der Waals surface area contributed by atoms with Crippen LogP contribution in [0, 0.1) is 0 Å². The molecule has 0 spiro atoms. The van der Waals surface area contributed by atoms with Gasteiger partial charge in [0.05, 0.1) is 0 Å².